The summed E-state index contributed by atoms with van der Waals surface area (Å²) in [6.45, 7) is 11.3. The molecule has 6 heteroatoms. The van der Waals surface area contributed by atoms with Gasteiger partial charge >= 0.3 is 17.9 Å². The molecule has 62 heavy (non-hydrogen) atoms. The van der Waals surface area contributed by atoms with E-state index in [2.05, 4.69) is 34.6 Å². The average molecular weight is 877 g/mol. The molecule has 0 aromatic heterocycles. The van der Waals surface area contributed by atoms with Gasteiger partial charge < -0.3 is 14.2 Å². The molecule has 0 saturated heterocycles. The second kappa shape index (κ2) is 48.9. The summed E-state index contributed by atoms with van der Waals surface area (Å²) in [6, 6.07) is 0. The highest BCUT2D eigenvalue weighted by atomic mass is 16.6. The summed E-state index contributed by atoms with van der Waals surface area (Å²) in [5.41, 5.74) is 0. The maximum absolute atomic E-state index is 12.8. The number of rotatable bonds is 50. The molecule has 0 spiro atoms. The Morgan fingerprint density at radius 2 is 0.532 bits per heavy atom. The van der Waals surface area contributed by atoms with Crippen LogP contribution in [0.4, 0.5) is 0 Å². The molecule has 0 saturated carbocycles. The van der Waals surface area contributed by atoms with E-state index in [0.29, 0.717) is 19.3 Å². The highest BCUT2D eigenvalue weighted by Gasteiger charge is 2.19. The third-order valence-electron chi connectivity index (χ3n) is 12.7. The van der Waals surface area contributed by atoms with Gasteiger partial charge in [0.2, 0.25) is 0 Å². The Hall–Kier alpha value is -1.59. The van der Waals surface area contributed by atoms with E-state index in [-0.39, 0.29) is 31.1 Å². The third-order valence-corrected chi connectivity index (χ3v) is 12.7. The van der Waals surface area contributed by atoms with Crippen molar-refractivity contribution in [2.24, 2.45) is 11.8 Å². The largest absolute Gasteiger partial charge is 0.462 e. The first-order valence-corrected chi connectivity index (χ1v) is 27.7. The van der Waals surface area contributed by atoms with Crippen molar-refractivity contribution in [3.05, 3.63) is 0 Å². The second-order valence-electron chi connectivity index (χ2n) is 20.2. The fourth-order valence-electron chi connectivity index (χ4n) is 8.52. The van der Waals surface area contributed by atoms with E-state index < -0.39 is 6.10 Å². The topological polar surface area (TPSA) is 78.9 Å². The van der Waals surface area contributed by atoms with Crippen LogP contribution in [-0.4, -0.2) is 37.2 Å². The van der Waals surface area contributed by atoms with Crippen LogP contribution in [0.3, 0.4) is 0 Å². The van der Waals surface area contributed by atoms with Crippen molar-refractivity contribution < 1.29 is 28.6 Å². The van der Waals surface area contributed by atoms with Crippen LogP contribution >= 0.6 is 0 Å². The van der Waals surface area contributed by atoms with E-state index in [0.717, 1.165) is 69.6 Å². The van der Waals surface area contributed by atoms with Crippen LogP contribution in [0.5, 0.6) is 0 Å². The minimum atomic E-state index is -0.762. The summed E-state index contributed by atoms with van der Waals surface area (Å²) in [5, 5.41) is 0. The standard InChI is InChI=1S/C56H108O6/c1-6-7-8-9-10-11-12-13-14-15-16-17-22-25-28-31-38-43-48-56(59)62-53(50-61-55(58)47-42-37-33-32-35-40-45-52(4)5)49-60-54(57)46-41-36-30-27-24-21-19-18-20-23-26-29-34-39-44-51(2)3/h51-53H,6-50H2,1-5H3/t53-/m1/s1. The van der Waals surface area contributed by atoms with Crippen LogP contribution < -0.4 is 0 Å². The normalized spacial score (nSPS) is 12.0. The third kappa shape index (κ3) is 49.4. The number of hydrogen-bond donors (Lipinski definition) is 0. The Morgan fingerprint density at radius 1 is 0.306 bits per heavy atom. The van der Waals surface area contributed by atoms with E-state index >= 15 is 0 Å². The Morgan fingerprint density at radius 3 is 0.790 bits per heavy atom. The van der Waals surface area contributed by atoms with Gasteiger partial charge in [0.15, 0.2) is 6.10 Å². The molecule has 0 radical (unpaired) electrons. The maximum atomic E-state index is 12.8. The predicted octanol–water partition coefficient (Wildman–Crippen LogP) is 18.1. The SMILES string of the molecule is CCCCCCCCCCCCCCCCCCCCC(=O)O[C@H](COC(=O)CCCCCCCCCCCCCCCCC(C)C)COC(=O)CCCCCCCCC(C)C. The lowest BCUT2D eigenvalue weighted by Crippen LogP contribution is -2.30. The van der Waals surface area contributed by atoms with Crippen LogP contribution in [-0.2, 0) is 28.6 Å². The van der Waals surface area contributed by atoms with Gasteiger partial charge in [0.25, 0.3) is 0 Å². The van der Waals surface area contributed by atoms with Crippen molar-refractivity contribution in [1.29, 1.82) is 0 Å². The van der Waals surface area contributed by atoms with Crippen molar-refractivity contribution >= 4 is 17.9 Å². The minimum absolute atomic E-state index is 0.0640. The summed E-state index contributed by atoms with van der Waals surface area (Å²) in [4.78, 5) is 38.0. The second-order valence-corrected chi connectivity index (χ2v) is 20.2. The maximum Gasteiger partial charge on any atom is 0.306 e. The Labute approximate surface area is 387 Å². The number of carbonyl (C=O) groups excluding carboxylic acids is 3. The molecule has 0 aliphatic carbocycles. The van der Waals surface area contributed by atoms with Crippen molar-refractivity contribution in [3.63, 3.8) is 0 Å². The van der Waals surface area contributed by atoms with Crippen molar-refractivity contribution in [2.75, 3.05) is 13.2 Å². The number of esters is 3. The van der Waals surface area contributed by atoms with Gasteiger partial charge in [-0.25, -0.2) is 0 Å². The van der Waals surface area contributed by atoms with Crippen molar-refractivity contribution in [3.8, 4) is 0 Å². The molecule has 0 aliphatic rings. The molecular formula is C56H108O6. The van der Waals surface area contributed by atoms with Crippen LogP contribution in [0, 0.1) is 11.8 Å². The zero-order valence-electron chi connectivity index (χ0n) is 42.5. The van der Waals surface area contributed by atoms with Gasteiger partial charge in [0.05, 0.1) is 0 Å². The molecule has 0 amide bonds. The van der Waals surface area contributed by atoms with Crippen LogP contribution in [0.15, 0.2) is 0 Å². The Bertz CT molecular complexity index is 947. The molecule has 6 nitrogen and oxygen atoms in total. The molecule has 0 aromatic carbocycles. The van der Waals surface area contributed by atoms with Crippen molar-refractivity contribution in [2.45, 2.75) is 317 Å². The van der Waals surface area contributed by atoms with Gasteiger partial charge in [-0.3, -0.25) is 14.4 Å². The fourth-order valence-corrected chi connectivity index (χ4v) is 8.52. The van der Waals surface area contributed by atoms with Crippen molar-refractivity contribution in [1.82, 2.24) is 0 Å². The zero-order valence-corrected chi connectivity index (χ0v) is 42.5. The highest BCUT2D eigenvalue weighted by molar-refractivity contribution is 5.71. The molecule has 0 aliphatic heterocycles. The smallest absolute Gasteiger partial charge is 0.306 e. The zero-order chi connectivity index (χ0) is 45.4. The molecular weight excluding hydrogens is 769 g/mol. The van der Waals surface area contributed by atoms with Gasteiger partial charge in [0.1, 0.15) is 13.2 Å². The fraction of sp³-hybridized carbons (Fsp3) is 0.946. The number of carbonyl (C=O) groups is 3. The lowest BCUT2D eigenvalue weighted by atomic mass is 10.0. The van der Waals surface area contributed by atoms with E-state index in [4.69, 9.17) is 14.2 Å². The minimum Gasteiger partial charge on any atom is -0.462 e. The number of unbranched alkanes of at least 4 members (excludes halogenated alkanes) is 35. The molecule has 0 unspecified atom stereocenters. The number of hydrogen-bond acceptors (Lipinski definition) is 6. The molecule has 0 rings (SSSR count). The van der Waals surface area contributed by atoms with Gasteiger partial charge in [-0.05, 0) is 31.1 Å². The highest BCUT2D eigenvalue weighted by Crippen LogP contribution is 2.18. The molecule has 0 fully saturated rings. The van der Waals surface area contributed by atoms with Gasteiger partial charge in [-0.1, -0.05) is 272 Å². The summed E-state index contributed by atoms with van der Waals surface area (Å²) in [5.74, 6) is 0.760. The first kappa shape index (κ1) is 60.4. The van der Waals surface area contributed by atoms with E-state index in [1.807, 2.05) is 0 Å². The van der Waals surface area contributed by atoms with E-state index in [9.17, 15) is 14.4 Å². The summed E-state index contributed by atoms with van der Waals surface area (Å²) >= 11 is 0. The molecule has 0 aromatic rings. The van der Waals surface area contributed by atoms with Crippen LogP contribution in [0.1, 0.15) is 311 Å². The molecule has 0 heterocycles. The van der Waals surface area contributed by atoms with Gasteiger partial charge in [-0.2, -0.15) is 0 Å². The molecule has 0 N–H and O–H groups in total. The predicted molar refractivity (Wildman–Crippen MR) is 266 cm³/mol. The van der Waals surface area contributed by atoms with Gasteiger partial charge in [0, 0.05) is 19.3 Å². The molecule has 368 valence electrons. The molecule has 0 bridgehead atoms. The van der Waals surface area contributed by atoms with E-state index in [1.165, 1.54) is 199 Å². The Balaban J connectivity index is 4.23. The summed E-state index contributed by atoms with van der Waals surface area (Å²) in [7, 11) is 0. The summed E-state index contributed by atoms with van der Waals surface area (Å²) < 4.78 is 16.8. The van der Waals surface area contributed by atoms with Crippen LogP contribution in [0.2, 0.25) is 0 Å². The average Bonchev–Trinajstić information content (AvgIpc) is 3.24. The monoisotopic (exact) mass is 877 g/mol. The molecule has 1 atom stereocenters. The lowest BCUT2D eigenvalue weighted by molar-refractivity contribution is -0.167. The van der Waals surface area contributed by atoms with E-state index in [1.54, 1.807) is 0 Å². The lowest BCUT2D eigenvalue weighted by Gasteiger charge is -2.18. The van der Waals surface area contributed by atoms with Crippen LogP contribution in [0.25, 0.3) is 0 Å². The summed E-state index contributed by atoms with van der Waals surface area (Å²) in [6.07, 6.45) is 51.1. The first-order chi connectivity index (χ1) is 30.2. The quantitative estimate of drug-likeness (QED) is 0.0344. The van der Waals surface area contributed by atoms with Gasteiger partial charge in [-0.15, -0.1) is 0 Å². The first-order valence-electron chi connectivity index (χ1n) is 27.7. The Kier molecular flexibility index (Phi) is 47.6. The number of ether oxygens (including phenoxy) is 3.